The van der Waals surface area contributed by atoms with E-state index in [9.17, 15) is 0 Å². The van der Waals surface area contributed by atoms with Crippen LogP contribution in [0.1, 0.15) is 110 Å². The molecular formula is C21H46ClN. The van der Waals surface area contributed by atoms with Crippen molar-refractivity contribution >= 4 is 0 Å². The minimum Gasteiger partial charge on any atom is -1.00 e. The lowest BCUT2D eigenvalue weighted by Gasteiger charge is -2.23. The molecule has 0 unspecified atom stereocenters. The fourth-order valence-corrected chi connectivity index (χ4v) is 3.13. The molecule has 0 aliphatic rings. The van der Waals surface area contributed by atoms with Gasteiger partial charge in [0.15, 0.2) is 0 Å². The number of halogens is 1. The summed E-state index contributed by atoms with van der Waals surface area (Å²) >= 11 is 0. The van der Waals surface area contributed by atoms with Crippen LogP contribution in [0.15, 0.2) is 0 Å². The maximum Gasteiger partial charge on any atom is 0.0780 e. The third kappa shape index (κ3) is 24.6. The second kappa shape index (κ2) is 18.6. The monoisotopic (exact) mass is 347 g/mol. The second-order valence-corrected chi connectivity index (χ2v) is 8.32. The minimum absolute atomic E-state index is 0. The largest absolute Gasteiger partial charge is 1.00 e. The van der Waals surface area contributed by atoms with Crippen LogP contribution in [-0.4, -0.2) is 32.2 Å². The first-order chi connectivity index (χ1) is 10.6. The Bertz CT molecular complexity index is 210. The second-order valence-electron chi connectivity index (χ2n) is 8.32. The fraction of sp³-hybridized carbons (Fsp3) is 1.00. The molecular weight excluding hydrogens is 302 g/mol. The van der Waals surface area contributed by atoms with E-state index in [0.717, 1.165) is 4.48 Å². The lowest BCUT2D eigenvalue weighted by molar-refractivity contribution is -0.870. The number of hydrogen-bond acceptors (Lipinski definition) is 0. The van der Waals surface area contributed by atoms with E-state index in [1.54, 1.807) is 0 Å². The van der Waals surface area contributed by atoms with Gasteiger partial charge in [0.2, 0.25) is 0 Å². The normalized spacial score (nSPS) is 11.5. The van der Waals surface area contributed by atoms with E-state index in [0.29, 0.717) is 0 Å². The molecule has 0 saturated carbocycles. The average molecular weight is 348 g/mol. The van der Waals surface area contributed by atoms with Gasteiger partial charge in [-0.2, -0.15) is 0 Å². The zero-order valence-electron chi connectivity index (χ0n) is 16.8. The van der Waals surface area contributed by atoms with Crippen LogP contribution in [0.3, 0.4) is 0 Å². The highest BCUT2D eigenvalue weighted by Crippen LogP contribution is 2.13. The van der Waals surface area contributed by atoms with Crippen LogP contribution in [0.5, 0.6) is 0 Å². The summed E-state index contributed by atoms with van der Waals surface area (Å²) in [6, 6.07) is 0. The maximum atomic E-state index is 2.30. The quantitative estimate of drug-likeness (QED) is 0.276. The van der Waals surface area contributed by atoms with Crippen molar-refractivity contribution in [2.45, 2.75) is 110 Å². The van der Waals surface area contributed by atoms with Crippen molar-refractivity contribution < 1.29 is 16.9 Å². The first kappa shape index (κ1) is 25.5. The summed E-state index contributed by atoms with van der Waals surface area (Å²) in [5.74, 6) is 0. The highest BCUT2D eigenvalue weighted by molar-refractivity contribution is 4.49. The number of nitrogens with zero attached hydrogens (tertiary/aromatic N) is 1. The molecule has 0 bridgehead atoms. The molecule has 1 nitrogen and oxygen atoms in total. The summed E-state index contributed by atoms with van der Waals surface area (Å²) in [5.41, 5.74) is 0. The lowest BCUT2D eigenvalue weighted by atomic mass is 10.0. The zero-order valence-corrected chi connectivity index (χ0v) is 17.6. The molecule has 0 radical (unpaired) electrons. The topological polar surface area (TPSA) is 0 Å². The van der Waals surface area contributed by atoms with Gasteiger partial charge in [-0.15, -0.1) is 0 Å². The Kier molecular flexibility index (Phi) is 20.6. The summed E-state index contributed by atoms with van der Waals surface area (Å²) in [4.78, 5) is 0. The van der Waals surface area contributed by atoms with E-state index < -0.39 is 0 Å². The SMILES string of the molecule is CCCCCCCCCCCCCCCCCC[N+](C)(C)C.[Cl-]. The molecule has 0 rings (SSSR count). The fourth-order valence-electron chi connectivity index (χ4n) is 3.13. The number of hydrogen-bond donors (Lipinski definition) is 0. The summed E-state index contributed by atoms with van der Waals surface area (Å²) in [6.45, 7) is 3.63. The van der Waals surface area contributed by atoms with Gasteiger partial charge in [0, 0.05) is 0 Å². The average Bonchev–Trinajstić information content (AvgIpc) is 2.45. The first-order valence-electron chi connectivity index (χ1n) is 10.4. The Labute approximate surface area is 154 Å². The van der Waals surface area contributed by atoms with Crippen molar-refractivity contribution in [1.82, 2.24) is 0 Å². The Balaban J connectivity index is 0. The Morgan fingerprint density at radius 2 is 0.696 bits per heavy atom. The number of rotatable bonds is 17. The summed E-state index contributed by atoms with van der Waals surface area (Å²) < 4.78 is 1.12. The molecule has 142 valence electrons. The van der Waals surface area contributed by atoms with Gasteiger partial charge < -0.3 is 16.9 Å². The molecule has 0 aromatic carbocycles. The van der Waals surface area contributed by atoms with Gasteiger partial charge in [-0.1, -0.05) is 96.8 Å². The van der Waals surface area contributed by atoms with Crippen molar-refractivity contribution in [3.63, 3.8) is 0 Å². The van der Waals surface area contributed by atoms with Crippen LogP contribution in [0, 0.1) is 0 Å². The van der Waals surface area contributed by atoms with E-state index in [1.165, 1.54) is 109 Å². The van der Waals surface area contributed by atoms with Gasteiger partial charge in [0.1, 0.15) is 0 Å². The molecule has 0 aromatic heterocycles. The lowest BCUT2D eigenvalue weighted by Crippen LogP contribution is -3.00. The molecule has 0 aromatic rings. The Morgan fingerprint density at radius 3 is 0.957 bits per heavy atom. The zero-order chi connectivity index (χ0) is 16.5. The van der Waals surface area contributed by atoms with Crippen molar-refractivity contribution in [1.29, 1.82) is 0 Å². The predicted molar refractivity (Wildman–Crippen MR) is 102 cm³/mol. The molecule has 0 amide bonds. The third-order valence-electron chi connectivity index (χ3n) is 4.68. The Hall–Kier alpha value is 0.250. The van der Waals surface area contributed by atoms with E-state index in [1.807, 2.05) is 0 Å². The molecule has 0 aliphatic carbocycles. The molecule has 0 fully saturated rings. The molecule has 0 spiro atoms. The van der Waals surface area contributed by atoms with E-state index >= 15 is 0 Å². The summed E-state index contributed by atoms with van der Waals surface area (Å²) in [5, 5.41) is 0. The molecule has 0 aliphatic heterocycles. The van der Waals surface area contributed by atoms with Crippen molar-refractivity contribution in [3.8, 4) is 0 Å². The Morgan fingerprint density at radius 1 is 0.435 bits per heavy atom. The van der Waals surface area contributed by atoms with Crippen LogP contribution in [0.4, 0.5) is 0 Å². The van der Waals surface area contributed by atoms with Crippen LogP contribution in [0.25, 0.3) is 0 Å². The van der Waals surface area contributed by atoms with Crippen LogP contribution in [0.2, 0.25) is 0 Å². The van der Waals surface area contributed by atoms with Gasteiger partial charge in [-0.3, -0.25) is 0 Å². The highest BCUT2D eigenvalue weighted by atomic mass is 35.5. The smallest absolute Gasteiger partial charge is 0.0780 e. The van der Waals surface area contributed by atoms with Gasteiger partial charge in [-0.05, 0) is 12.8 Å². The summed E-state index contributed by atoms with van der Waals surface area (Å²) in [7, 11) is 6.89. The molecule has 0 saturated heterocycles. The van der Waals surface area contributed by atoms with Crippen molar-refractivity contribution in [3.05, 3.63) is 0 Å². The van der Waals surface area contributed by atoms with E-state index in [4.69, 9.17) is 0 Å². The van der Waals surface area contributed by atoms with Gasteiger partial charge >= 0.3 is 0 Å². The van der Waals surface area contributed by atoms with Gasteiger partial charge in [-0.25, -0.2) is 0 Å². The maximum absolute atomic E-state index is 2.30. The van der Waals surface area contributed by atoms with Crippen molar-refractivity contribution in [2.24, 2.45) is 0 Å². The molecule has 2 heteroatoms. The predicted octanol–water partition coefficient (Wildman–Crippen LogP) is 3.96. The van der Waals surface area contributed by atoms with Gasteiger partial charge in [0.05, 0.1) is 27.7 Å². The molecule has 0 atom stereocenters. The van der Waals surface area contributed by atoms with Crippen LogP contribution >= 0.6 is 0 Å². The summed E-state index contributed by atoms with van der Waals surface area (Å²) in [6.07, 6.45) is 23.4. The van der Waals surface area contributed by atoms with Crippen LogP contribution in [-0.2, 0) is 0 Å². The van der Waals surface area contributed by atoms with Crippen molar-refractivity contribution in [2.75, 3.05) is 27.7 Å². The standard InChI is InChI=1S/C21H46N.ClH/c1-5-6-7-8-9-10-11-12-13-14-15-16-17-18-19-20-21-22(2,3)4;/h5-21H2,1-4H3;1H/q+1;/p-1. The number of quaternary nitrogens is 1. The van der Waals surface area contributed by atoms with E-state index in [2.05, 4.69) is 28.1 Å². The molecule has 0 heterocycles. The third-order valence-corrected chi connectivity index (χ3v) is 4.68. The highest BCUT2D eigenvalue weighted by Gasteiger charge is 2.04. The first-order valence-corrected chi connectivity index (χ1v) is 10.4. The molecule has 23 heavy (non-hydrogen) atoms. The van der Waals surface area contributed by atoms with E-state index in [-0.39, 0.29) is 12.4 Å². The minimum atomic E-state index is 0. The molecule has 0 N–H and O–H groups in total. The van der Waals surface area contributed by atoms with Crippen LogP contribution < -0.4 is 12.4 Å². The number of unbranched alkanes of at least 4 members (excludes halogenated alkanes) is 15. The van der Waals surface area contributed by atoms with Gasteiger partial charge in [0.25, 0.3) is 0 Å².